The Kier molecular flexibility index (Phi) is 4.50. The summed E-state index contributed by atoms with van der Waals surface area (Å²) in [5.74, 6) is 1.55. The van der Waals surface area contributed by atoms with Gasteiger partial charge in [-0.25, -0.2) is 0 Å². The molecule has 0 spiro atoms. The smallest absolute Gasteiger partial charge is 0.141 e. The molecule has 0 unspecified atom stereocenters. The molecule has 100 valence electrons. The van der Waals surface area contributed by atoms with Gasteiger partial charge in [0.25, 0.3) is 0 Å². The van der Waals surface area contributed by atoms with Crippen molar-refractivity contribution in [1.29, 1.82) is 0 Å². The number of halogens is 2. The second kappa shape index (κ2) is 5.95. The van der Waals surface area contributed by atoms with Crippen molar-refractivity contribution < 1.29 is 4.74 Å². The summed E-state index contributed by atoms with van der Waals surface area (Å²) in [5.41, 5.74) is 7.91. The molecule has 0 bridgehead atoms. The molecule has 0 saturated heterocycles. The third-order valence-electron chi connectivity index (χ3n) is 2.84. The summed E-state index contributed by atoms with van der Waals surface area (Å²) >= 11 is 9.43. The summed E-state index contributed by atoms with van der Waals surface area (Å²) in [6.07, 6.45) is 0. The summed E-state index contributed by atoms with van der Waals surface area (Å²) in [6, 6.07) is 11.4. The van der Waals surface area contributed by atoms with Crippen LogP contribution in [0, 0.1) is 6.92 Å². The SMILES string of the molecule is Cc1cc(Cl)ccc1Oc1ccc([C@@H](C)N)cc1Br. The van der Waals surface area contributed by atoms with E-state index >= 15 is 0 Å². The molecule has 0 amide bonds. The fourth-order valence-electron chi connectivity index (χ4n) is 1.73. The maximum Gasteiger partial charge on any atom is 0.141 e. The van der Waals surface area contributed by atoms with E-state index in [4.69, 9.17) is 22.1 Å². The molecule has 19 heavy (non-hydrogen) atoms. The normalized spacial score (nSPS) is 12.3. The highest BCUT2D eigenvalue weighted by Gasteiger charge is 2.08. The van der Waals surface area contributed by atoms with Gasteiger partial charge in [0, 0.05) is 11.1 Å². The molecule has 0 aliphatic heterocycles. The van der Waals surface area contributed by atoms with E-state index in [-0.39, 0.29) is 6.04 Å². The van der Waals surface area contributed by atoms with Crippen LogP contribution in [-0.4, -0.2) is 0 Å². The van der Waals surface area contributed by atoms with Crippen molar-refractivity contribution in [1.82, 2.24) is 0 Å². The van der Waals surface area contributed by atoms with Crippen LogP contribution >= 0.6 is 27.5 Å². The van der Waals surface area contributed by atoms with Gasteiger partial charge >= 0.3 is 0 Å². The summed E-state index contributed by atoms with van der Waals surface area (Å²) in [6.45, 7) is 3.91. The number of nitrogens with two attached hydrogens (primary N) is 1. The summed E-state index contributed by atoms with van der Waals surface area (Å²) < 4.78 is 6.77. The van der Waals surface area contributed by atoms with Crippen LogP contribution in [0.3, 0.4) is 0 Å². The molecule has 2 rings (SSSR count). The minimum Gasteiger partial charge on any atom is -0.456 e. The number of hydrogen-bond acceptors (Lipinski definition) is 2. The van der Waals surface area contributed by atoms with Crippen LogP contribution in [0.2, 0.25) is 5.02 Å². The van der Waals surface area contributed by atoms with Crippen molar-refractivity contribution in [2.45, 2.75) is 19.9 Å². The van der Waals surface area contributed by atoms with Crippen LogP contribution in [-0.2, 0) is 0 Å². The summed E-state index contributed by atoms with van der Waals surface area (Å²) in [7, 11) is 0. The molecule has 0 radical (unpaired) electrons. The molecule has 1 atom stereocenters. The predicted octanol–water partition coefficient (Wildman–Crippen LogP) is 5.22. The van der Waals surface area contributed by atoms with Gasteiger partial charge in [0.05, 0.1) is 4.47 Å². The number of aryl methyl sites for hydroxylation is 1. The lowest BCUT2D eigenvalue weighted by molar-refractivity contribution is 0.475. The molecule has 4 heteroatoms. The number of ether oxygens (including phenoxy) is 1. The van der Waals surface area contributed by atoms with Gasteiger partial charge in [-0.3, -0.25) is 0 Å². The first-order valence-corrected chi connectivity index (χ1v) is 7.13. The van der Waals surface area contributed by atoms with Gasteiger partial charge in [-0.15, -0.1) is 0 Å². The molecule has 0 saturated carbocycles. The molecule has 0 aliphatic carbocycles. The van der Waals surface area contributed by atoms with Gasteiger partial charge in [-0.1, -0.05) is 17.7 Å². The van der Waals surface area contributed by atoms with Crippen LogP contribution < -0.4 is 10.5 Å². The average Bonchev–Trinajstić information content (AvgIpc) is 2.34. The standard InChI is InChI=1S/C15H15BrClNO/c1-9-7-12(17)4-6-14(9)19-15-5-3-11(10(2)18)8-13(15)16/h3-8,10H,18H2,1-2H3/t10-/m1/s1. The average molecular weight is 341 g/mol. The Hall–Kier alpha value is -1.03. The first-order chi connectivity index (χ1) is 8.97. The van der Waals surface area contributed by atoms with Gasteiger partial charge in [0.15, 0.2) is 0 Å². The number of rotatable bonds is 3. The number of hydrogen-bond donors (Lipinski definition) is 1. The Labute approximate surface area is 126 Å². The molecule has 0 aromatic heterocycles. The van der Waals surface area contributed by atoms with E-state index in [0.717, 1.165) is 27.1 Å². The Balaban J connectivity index is 2.28. The molecule has 2 aromatic rings. The van der Waals surface area contributed by atoms with Crippen molar-refractivity contribution in [2.24, 2.45) is 5.73 Å². The van der Waals surface area contributed by atoms with E-state index < -0.39 is 0 Å². The minimum atomic E-state index is 0.00242. The monoisotopic (exact) mass is 339 g/mol. The molecular formula is C15H15BrClNO. The van der Waals surface area contributed by atoms with Crippen LogP contribution in [0.25, 0.3) is 0 Å². The maximum atomic E-state index is 5.93. The van der Waals surface area contributed by atoms with E-state index in [1.807, 2.05) is 50.2 Å². The number of benzene rings is 2. The topological polar surface area (TPSA) is 35.2 Å². The quantitative estimate of drug-likeness (QED) is 0.831. The van der Waals surface area contributed by atoms with E-state index in [0.29, 0.717) is 5.02 Å². The Morgan fingerprint density at radius 2 is 1.84 bits per heavy atom. The Morgan fingerprint density at radius 3 is 2.42 bits per heavy atom. The van der Waals surface area contributed by atoms with Crippen molar-refractivity contribution in [2.75, 3.05) is 0 Å². The van der Waals surface area contributed by atoms with Gasteiger partial charge in [0.2, 0.25) is 0 Å². The molecule has 0 fully saturated rings. The third-order valence-corrected chi connectivity index (χ3v) is 3.69. The highest BCUT2D eigenvalue weighted by atomic mass is 79.9. The minimum absolute atomic E-state index is 0.00242. The highest BCUT2D eigenvalue weighted by Crippen LogP contribution is 2.33. The van der Waals surface area contributed by atoms with Crippen LogP contribution in [0.5, 0.6) is 11.5 Å². The van der Waals surface area contributed by atoms with Crippen LogP contribution in [0.4, 0.5) is 0 Å². The van der Waals surface area contributed by atoms with Gasteiger partial charge < -0.3 is 10.5 Å². The van der Waals surface area contributed by atoms with E-state index in [1.165, 1.54) is 0 Å². The molecule has 0 heterocycles. The second-order valence-corrected chi connectivity index (χ2v) is 5.78. The summed E-state index contributed by atoms with van der Waals surface area (Å²) in [4.78, 5) is 0. The van der Waals surface area contributed by atoms with E-state index in [2.05, 4.69) is 15.9 Å². The van der Waals surface area contributed by atoms with E-state index in [1.54, 1.807) is 0 Å². The van der Waals surface area contributed by atoms with Crippen molar-refractivity contribution >= 4 is 27.5 Å². The highest BCUT2D eigenvalue weighted by molar-refractivity contribution is 9.10. The zero-order valence-electron chi connectivity index (χ0n) is 10.8. The molecular weight excluding hydrogens is 326 g/mol. The Bertz CT molecular complexity index is 599. The fraction of sp³-hybridized carbons (Fsp3) is 0.200. The zero-order chi connectivity index (χ0) is 14.0. The first kappa shape index (κ1) is 14.4. The van der Waals surface area contributed by atoms with Gasteiger partial charge in [-0.05, 0) is 71.2 Å². The van der Waals surface area contributed by atoms with Crippen molar-refractivity contribution in [3.8, 4) is 11.5 Å². The Morgan fingerprint density at radius 1 is 1.16 bits per heavy atom. The largest absolute Gasteiger partial charge is 0.456 e. The van der Waals surface area contributed by atoms with Gasteiger partial charge in [0.1, 0.15) is 11.5 Å². The van der Waals surface area contributed by atoms with Crippen molar-refractivity contribution in [3.05, 3.63) is 57.0 Å². The zero-order valence-corrected chi connectivity index (χ0v) is 13.1. The fourth-order valence-corrected chi connectivity index (χ4v) is 2.43. The molecule has 2 N–H and O–H groups in total. The lowest BCUT2D eigenvalue weighted by Gasteiger charge is -2.12. The van der Waals surface area contributed by atoms with Gasteiger partial charge in [-0.2, -0.15) is 0 Å². The van der Waals surface area contributed by atoms with Crippen LogP contribution in [0.1, 0.15) is 24.1 Å². The predicted molar refractivity (Wildman–Crippen MR) is 83.0 cm³/mol. The lowest BCUT2D eigenvalue weighted by Crippen LogP contribution is -2.04. The van der Waals surface area contributed by atoms with E-state index in [9.17, 15) is 0 Å². The van der Waals surface area contributed by atoms with Crippen molar-refractivity contribution in [3.63, 3.8) is 0 Å². The second-order valence-electron chi connectivity index (χ2n) is 4.49. The van der Waals surface area contributed by atoms with Crippen LogP contribution in [0.15, 0.2) is 40.9 Å². The molecule has 2 aromatic carbocycles. The molecule has 2 nitrogen and oxygen atoms in total. The maximum absolute atomic E-state index is 5.93. The molecule has 0 aliphatic rings. The third kappa shape index (κ3) is 3.50. The summed E-state index contributed by atoms with van der Waals surface area (Å²) in [5, 5.41) is 0.705. The first-order valence-electron chi connectivity index (χ1n) is 5.96. The lowest BCUT2D eigenvalue weighted by atomic mass is 10.1.